The Labute approximate surface area is 99.8 Å². The second-order valence-electron chi connectivity index (χ2n) is 4.71. The minimum atomic E-state index is 0.491. The van der Waals surface area contributed by atoms with Gasteiger partial charge < -0.3 is 5.32 Å². The summed E-state index contributed by atoms with van der Waals surface area (Å²) in [7, 11) is 0. The highest BCUT2D eigenvalue weighted by molar-refractivity contribution is 4.85. The Morgan fingerprint density at radius 2 is 2.06 bits per heavy atom. The van der Waals surface area contributed by atoms with Crippen molar-refractivity contribution in [2.75, 3.05) is 26.2 Å². The van der Waals surface area contributed by atoms with E-state index in [2.05, 4.69) is 30.1 Å². The molecule has 1 rings (SSSR count). The summed E-state index contributed by atoms with van der Waals surface area (Å²) in [5, 5.41) is 12.2. The number of hydrogen-bond acceptors (Lipinski definition) is 3. The Hall–Kier alpha value is -0.590. The molecule has 1 N–H and O–H groups in total. The van der Waals surface area contributed by atoms with Crippen LogP contribution in [0.4, 0.5) is 0 Å². The van der Waals surface area contributed by atoms with Crippen molar-refractivity contribution in [1.82, 2.24) is 10.2 Å². The van der Waals surface area contributed by atoms with Gasteiger partial charge in [0, 0.05) is 6.04 Å². The largest absolute Gasteiger partial charge is 0.317 e. The van der Waals surface area contributed by atoms with Crippen LogP contribution in [0.5, 0.6) is 0 Å². The summed E-state index contributed by atoms with van der Waals surface area (Å²) in [5.74, 6) is 0.843. The lowest BCUT2D eigenvalue weighted by Gasteiger charge is -2.36. The number of nitrogens with zero attached hydrogens (tertiary/aromatic N) is 2. The molecule has 0 saturated carbocycles. The number of nitrogens with one attached hydrogen (secondary N) is 1. The van der Waals surface area contributed by atoms with Crippen LogP contribution in [0.1, 0.15) is 39.5 Å². The van der Waals surface area contributed by atoms with Crippen LogP contribution in [0.2, 0.25) is 0 Å². The van der Waals surface area contributed by atoms with E-state index in [4.69, 9.17) is 5.26 Å². The highest BCUT2D eigenvalue weighted by Crippen LogP contribution is 2.20. The second-order valence-corrected chi connectivity index (χ2v) is 4.71. The topological polar surface area (TPSA) is 39.1 Å². The maximum atomic E-state index is 8.78. The van der Waals surface area contributed by atoms with E-state index in [1.54, 1.807) is 0 Å². The summed E-state index contributed by atoms with van der Waals surface area (Å²) in [6.07, 6.45) is 4.36. The maximum Gasteiger partial charge on any atom is 0.0638 e. The van der Waals surface area contributed by atoms with E-state index in [0.29, 0.717) is 12.5 Å². The van der Waals surface area contributed by atoms with E-state index < -0.39 is 0 Å². The first-order chi connectivity index (χ1) is 7.81. The monoisotopic (exact) mass is 223 g/mol. The van der Waals surface area contributed by atoms with Gasteiger partial charge in [0.2, 0.25) is 0 Å². The average molecular weight is 223 g/mol. The third-order valence-electron chi connectivity index (χ3n) is 3.65. The molecule has 3 nitrogen and oxygen atoms in total. The molecule has 1 aliphatic rings. The normalized spacial score (nSPS) is 20.6. The quantitative estimate of drug-likeness (QED) is 0.748. The predicted octanol–water partition coefficient (Wildman–Crippen LogP) is 2.00. The van der Waals surface area contributed by atoms with Gasteiger partial charge in [-0.1, -0.05) is 13.8 Å². The van der Waals surface area contributed by atoms with Gasteiger partial charge in [0.25, 0.3) is 0 Å². The fourth-order valence-electron chi connectivity index (χ4n) is 2.51. The lowest BCUT2D eigenvalue weighted by atomic mass is 9.94. The number of likely N-dealkylation sites (tertiary alicyclic amines) is 1. The van der Waals surface area contributed by atoms with Crippen LogP contribution in [0.25, 0.3) is 0 Å². The van der Waals surface area contributed by atoms with Crippen LogP contribution in [0, 0.1) is 17.2 Å². The molecule has 1 atom stereocenters. The summed E-state index contributed by atoms with van der Waals surface area (Å²) in [6, 6.07) is 2.80. The van der Waals surface area contributed by atoms with Crippen molar-refractivity contribution in [2.45, 2.75) is 45.6 Å². The van der Waals surface area contributed by atoms with E-state index in [0.717, 1.165) is 18.9 Å². The molecule has 0 aliphatic carbocycles. The maximum absolute atomic E-state index is 8.78. The van der Waals surface area contributed by atoms with Crippen LogP contribution in [0.15, 0.2) is 0 Å². The van der Waals surface area contributed by atoms with E-state index in [1.807, 2.05) is 0 Å². The van der Waals surface area contributed by atoms with Gasteiger partial charge in [0.15, 0.2) is 0 Å². The third kappa shape index (κ3) is 4.11. The van der Waals surface area contributed by atoms with Gasteiger partial charge in [-0.3, -0.25) is 4.90 Å². The third-order valence-corrected chi connectivity index (χ3v) is 3.65. The van der Waals surface area contributed by atoms with Crippen molar-refractivity contribution in [3.8, 4) is 6.07 Å². The van der Waals surface area contributed by atoms with E-state index in [9.17, 15) is 0 Å². The summed E-state index contributed by atoms with van der Waals surface area (Å²) >= 11 is 0. The van der Waals surface area contributed by atoms with Crippen molar-refractivity contribution < 1.29 is 0 Å². The summed E-state index contributed by atoms with van der Waals surface area (Å²) in [4.78, 5) is 2.51. The van der Waals surface area contributed by atoms with Crippen LogP contribution in [-0.2, 0) is 0 Å². The molecular formula is C13H25N3. The molecule has 0 aromatic carbocycles. The van der Waals surface area contributed by atoms with Gasteiger partial charge in [-0.05, 0) is 51.4 Å². The molecule has 1 heterocycles. The average Bonchev–Trinajstić information content (AvgIpc) is 2.34. The van der Waals surface area contributed by atoms with Crippen molar-refractivity contribution in [1.29, 1.82) is 5.26 Å². The van der Waals surface area contributed by atoms with E-state index in [-0.39, 0.29) is 0 Å². The molecule has 0 radical (unpaired) electrons. The zero-order valence-electron chi connectivity index (χ0n) is 10.7. The second kappa shape index (κ2) is 7.65. The first-order valence-corrected chi connectivity index (χ1v) is 6.63. The van der Waals surface area contributed by atoms with Crippen LogP contribution < -0.4 is 5.32 Å². The Morgan fingerprint density at radius 3 is 2.56 bits per heavy atom. The summed E-state index contributed by atoms with van der Waals surface area (Å²) < 4.78 is 0. The lowest BCUT2D eigenvalue weighted by molar-refractivity contribution is 0.130. The summed E-state index contributed by atoms with van der Waals surface area (Å²) in [5.41, 5.74) is 0. The van der Waals surface area contributed by atoms with Crippen LogP contribution >= 0.6 is 0 Å². The molecule has 0 spiro atoms. The molecule has 1 aliphatic heterocycles. The standard InChI is InChI=1S/C13H25N3/c1-3-13(5-8-14)16-9-6-12(7-10-16)11-15-4-2/h12-13,15H,3-7,9-11H2,1-2H3. The Morgan fingerprint density at radius 1 is 1.38 bits per heavy atom. The van der Waals surface area contributed by atoms with Crippen molar-refractivity contribution in [3.05, 3.63) is 0 Å². The molecule has 0 amide bonds. The molecule has 16 heavy (non-hydrogen) atoms. The molecular weight excluding hydrogens is 198 g/mol. The van der Waals surface area contributed by atoms with Gasteiger partial charge in [0.1, 0.15) is 0 Å². The highest BCUT2D eigenvalue weighted by atomic mass is 15.2. The van der Waals surface area contributed by atoms with Crippen molar-refractivity contribution in [2.24, 2.45) is 5.92 Å². The molecule has 1 saturated heterocycles. The molecule has 0 aromatic rings. The van der Waals surface area contributed by atoms with Gasteiger partial charge >= 0.3 is 0 Å². The molecule has 1 unspecified atom stereocenters. The zero-order chi connectivity index (χ0) is 11.8. The van der Waals surface area contributed by atoms with Gasteiger partial charge in [-0.15, -0.1) is 0 Å². The molecule has 3 heteroatoms. The molecule has 92 valence electrons. The Balaban J connectivity index is 2.27. The van der Waals surface area contributed by atoms with Crippen molar-refractivity contribution in [3.63, 3.8) is 0 Å². The first kappa shape index (κ1) is 13.5. The zero-order valence-corrected chi connectivity index (χ0v) is 10.7. The minimum Gasteiger partial charge on any atom is -0.317 e. The smallest absolute Gasteiger partial charge is 0.0638 e. The van der Waals surface area contributed by atoms with Gasteiger partial charge in [0.05, 0.1) is 12.5 Å². The Kier molecular flexibility index (Phi) is 6.44. The van der Waals surface area contributed by atoms with Crippen LogP contribution in [-0.4, -0.2) is 37.1 Å². The molecule has 0 bridgehead atoms. The van der Waals surface area contributed by atoms with Crippen molar-refractivity contribution >= 4 is 0 Å². The van der Waals surface area contributed by atoms with Gasteiger partial charge in [-0.2, -0.15) is 5.26 Å². The predicted molar refractivity (Wildman–Crippen MR) is 67.1 cm³/mol. The SMILES string of the molecule is CCNCC1CCN(C(CC)CC#N)CC1. The van der Waals surface area contributed by atoms with Gasteiger partial charge in [-0.25, -0.2) is 0 Å². The molecule has 1 fully saturated rings. The van der Waals surface area contributed by atoms with E-state index >= 15 is 0 Å². The fourth-order valence-corrected chi connectivity index (χ4v) is 2.51. The van der Waals surface area contributed by atoms with E-state index in [1.165, 1.54) is 32.5 Å². The number of piperidine rings is 1. The lowest BCUT2D eigenvalue weighted by Crippen LogP contribution is -2.42. The first-order valence-electron chi connectivity index (χ1n) is 6.63. The fraction of sp³-hybridized carbons (Fsp3) is 0.923. The molecule has 0 aromatic heterocycles. The van der Waals surface area contributed by atoms with Crippen LogP contribution in [0.3, 0.4) is 0 Å². The number of rotatable bonds is 6. The number of hydrogen-bond donors (Lipinski definition) is 1. The highest BCUT2D eigenvalue weighted by Gasteiger charge is 2.23. The summed E-state index contributed by atoms with van der Waals surface area (Å²) in [6.45, 7) is 8.94. The number of nitriles is 1. The minimum absolute atomic E-state index is 0.491. The Bertz CT molecular complexity index is 214.